The van der Waals surface area contributed by atoms with Crippen LogP contribution >= 0.6 is 0 Å². The fourth-order valence-corrected chi connectivity index (χ4v) is 2.53. The van der Waals surface area contributed by atoms with Gasteiger partial charge in [-0.05, 0) is 30.0 Å². The van der Waals surface area contributed by atoms with Gasteiger partial charge in [0, 0.05) is 31.9 Å². The minimum atomic E-state index is 0.439. The lowest BCUT2D eigenvalue weighted by Gasteiger charge is -2.29. The largest absolute Gasteiger partial charge is 0.378 e. The molecule has 1 saturated heterocycles. The van der Waals surface area contributed by atoms with Crippen molar-refractivity contribution >= 4 is 5.69 Å². The number of anilines is 1. The molecule has 19 heavy (non-hydrogen) atoms. The van der Waals surface area contributed by atoms with E-state index in [1.807, 2.05) is 0 Å². The van der Waals surface area contributed by atoms with Crippen LogP contribution in [0.25, 0.3) is 0 Å². The Morgan fingerprint density at radius 3 is 2.63 bits per heavy atom. The van der Waals surface area contributed by atoms with Crippen molar-refractivity contribution < 1.29 is 4.74 Å². The zero-order valence-corrected chi connectivity index (χ0v) is 12.4. The Balaban J connectivity index is 1.89. The highest BCUT2D eigenvalue weighted by molar-refractivity contribution is 5.47. The van der Waals surface area contributed by atoms with Crippen LogP contribution in [-0.4, -0.2) is 39.4 Å². The zero-order chi connectivity index (χ0) is 13.7. The molecule has 0 radical (unpaired) electrons. The zero-order valence-electron chi connectivity index (χ0n) is 12.4. The normalized spacial score (nSPS) is 19.7. The summed E-state index contributed by atoms with van der Waals surface area (Å²) < 4.78 is 5.49. The second-order valence-corrected chi connectivity index (χ2v) is 5.87. The van der Waals surface area contributed by atoms with E-state index in [1.54, 1.807) is 0 Å². The fraction of sp³-hybridized carbons (Fsp3) is 0.625. The van der Waals surface area contributed by atoms with Crippen molar-refractivity contribution in [3.63, 3.8) is 0 Å². The van der Waals surface area contributed by atoms with E-state index in [2.05, 4.69) is 55.4 Å². The molecule has 0 amide bonds. The van der Waals surface area contributed by atoms with Crippen molar-refractivity contribution in [2.45, 2.75) is 26.3 Å². The number of nitrogens with zero attached hydrogens (tertiary/aromatic N) is 1. The van der Waals surface area contributed by atoms with E-state index in [-0.39, 0.29) is 0 Å². The maximum absolute atomic E-state index is 5.49. The molecule has 1 aromatic rings. The molecule has 1 aliphatic heterocycles. The molecule has 3 heteroatoms. The number of hydrogen-bond donors (Lipinski definition) is 1. The molecular formula is C16H26N2O. The van der Waals surface area contributed by atoms with Crippen LogP contribution < -0.4 is 10.2 Å². The predicted molar refractivity (Wildman–Crippen MR) is 80.9 cm³/mol. The Morgan fingerprint density at radius 2 is 2.05 bits per heavy atom. The molecule has 1 N–H and O–H groups in total. The summed E-state index contributed by atoms with van der Waals surface area (Å²) in [6, 6.07) is 9.38. The van der Waals surface area contributed by atoms with E-state index in [4.69, 9.17) is 4.74 Å². The maximum atomic E-state index is 5.49. The lowest BCUT2D eigenvalue weighted by atomic mass is 10.0. The molecule has 0 aliphatic carbocycles. The first-order valence-corrected chi connectivity index (χ1v) is 7.26. The number of likely N-dealkylation sites (N-methyl/N-ethyl adjacent to an activating group) is 1. The summed E-state index contributed by atoms with van der Waals surface area (Å²) >= 11 is 0. The summed E-state index contributed by atoms with van der Waals surface area (Å²) in [6.07, 6.45) is 1.15. The SMILES string of the molecule is CC(C)Cc1ccc(N(C)CC2COCCN2)cc1. The number of ether oxygens (including phenoxy) is 1. The van der Waals surface area contributed by atoms with Crippen molar-refractivity contribution in [3.8, 4) is 0 Å². The molecule has 1 atom stereocenters. The summed E-state index contributed by atoms with van der Waals surface area (Å²) in [6.45, 7) is 8.12. The fourth-order valence-electron chi connectivity index (χ4n) is 2.53. The summed E-state index contributed by atoms with van der Waals surface area (Å²) in [7, 11) is 2.15. The predicted octanol–water partition coefficient (Wildman–Crippen LogP) is 2.31. The Labute approximate surface area is 116 Å². The van der Waals surface area contributed by atoms with E-state index in [0.717, 1.165) is 32.7 Å². The lowest BCUT2D eigenvalue weighted by Crippen LogP contribution is -2.47. The van der Waals surface area contributed by atoms with Gasteiger partial charge in [0.25, 0.3) is 0 Å². The minimum Gasteiger partial charge on any atom is -0.378 e. The van der Waals surface area contributed by atoms with Crippen molar-refractivity contribution in [2.24, 2.45) is 5.92 Å². The van der Waals surface area contributed by atoms with Crippen LogP contribution in [0.3, 0.4) is 0 Å². The van der Waals surface area contributed by atoms with Crippen molar-refractivity contribution in [3.05, 3.63) is 29.8 Å². The van der Waals surface area contributed by atoms with Crippen LogP contribution in [0.1, 0.15) is 19.4 Å². The van der Waals surface area contributed by atoms with Crippen LogP contribution in [0.2, 0.25) is 0 Å². The summed E-state index contributed by atoms with van der Waals surface area (Å²) in [4.78, 5) is 2.30. The van der Waals surface area contributed by atoms with E-state index in [1.165, 1.54) is 11.3 Å². The second-order valence-electron chi connectivity index (χ2n) is 5.87. The van der Waals surface area contributed by atoms with Crippen LogP contribution in [0.4, 0.5) is 5.69 Å². The van der Waals surface area contributed by atoms with E-state index < -0.39 is 0 Å². The molecule has 3 nitrogen and oxygen atoms in total. The molecule has 2 rings (SSSR count). The Bertz CT molecular complexity index is 369. The molecule has 106 valence electrons. The van der Waals surface area contributed by atoms with Gasteiger partial charge in [0.15, 0.2) is 0 Å². The first kappa shape index (κ1) is 14.4. The van der Waals surface area contributed by atoms with Crippen LogP contribution in [0.15, 0.2) is 24.3 Å². The molecule has 1 unspecified atom stereocenters. The monoisotopic (exact) mass is 262 g/mol. The van der Waals surface area contributed by atoms with Gasteiger partial charge >= 0.3 is 0 Å². The Kier molecular flexibility index (Phi) is 5.23. The van der Waals surface area contributed by atoms with E-state index in [0.29, 0.717) is 12.0 Å². The minimum absolute atomic E-state index is 0.439. The highest BCUT2D eigenvalue weighted by atomic mass is 16.5. The van der Waals surface area contributed by atoms with E-state index >= 15 is 0 Å². The molecule has 0 bridgehead atoms. The van der Waals surface area contributed by atoms with Gasteiger partial charge in [-0.2, -0.15) is 0 Å². The average Bonchev–Trinajstić information content (AvgIpc) is 2.40. The quantitative estimate of drug-likeness (QED) is 0.881. The number of rotatable bonds is 5. The van der Waals surface area contributed by atoms with Crippen LogP contribution in [0, 0.1) is 5.92 Å². The van der Waals surface area contributed by atoms with Crippen molar-refractivity contribution in [1.29, 1.82) is 0 Å². The van der Waals surface area contributed by atoms with Gasteiger partial charge in [-0.25, -0.2) is 0 Å². The molecule has 1 fully saturated rings. The Hall–Kier alpha value is -1.06. The molecule has 1 aliphatic rings. The van der Waals surface area contributed by atoms with Gasteiger partial charge in [-0.15, -0.1) is 0 Å². The Morgan fingerprint density at radius 1 is 1.32 bits per heavy atom. The van der Waals surface area contributed by atoms with E-state index in [9.17, 15) is 0 Å². The van der Waals surface area contributed by atoms with Gasteiger partial charge in [0.2, 0.25) is 0 Å². The van der Waals surface area contributed by atoms with Gasteiger partial charge < -0.3 is 15.0 Å². The lowest BCUT2D eigenvalue weighted by molar-refractivity contribution is 0.0791. The molecule has 1 aromatic carbocycles. The molecule has 0 spiro atoms. The van der Waals surface area contributed by atoms with Gasteiger partial charge in [-0.1, -0.05) is 26.0 Å². The van der Waals surface area contributed by atoms with Crippen molar-refractivity contribution in [2.75, 3.05) is 38.3 Å². The molecule has 0 aromatic heterocycles. The second kappa shape index (κ2) is 6.92. The topological polar surface area (TPSA) is 24.5 Å². The third kappa shape index (κ3) is 4.51. The van der Waals surface area contributed by atoms with Crippen LogP contribution in [0.5, 0.6) is 0 Å². The summed E-state index contributed by atoms with van der Waals surface area (Å²) in [5.74, 6) is 0.715. The summed E-state index contributed by atoms with van der Waals surface area (Å²) in [5, 5.41) is 3.49. The number of nitrogens with one attached hydrogen (secondary N) is 1. The molecular weight excluding hydrogens is 236 g/mol. The molecule has 0 saturated carbocycles. The maximum Gasteiger partial charge on any atom is 0.0637 e. The highest BCUT2D eigenvalue weighted by Crippen LogP contribution is 2.16. The standard InChI is InChI=1S/C16H26N2O/c1-13(2)10-14-4-6-16(7-5-14)18(3)11-15-12-19-9-8-17-15/h4-7,13,15,17H,8-12H2,1-3H3. The van der Waals surface area contributed by atoms with Crippen LogP contribution in [-0.2, 0) is 11.2 Å². The van der Waals surface area contributed by atoms with Gasteiger partial charge in [0.05, 0.1) is 13.2 Å². The average molecular weight is 262 g/mol. The highest BCUT2D eigenvalue weighted by Gasteiger charge is 2.15. The van der Waals surface area contributed by atoms with Gasteiger partial charge in [0.1, 0.15) is 0 Å². The first-order chi connectivity index (χ1) is 9.15. The summed E-state index contributed by atoms with van der Waals surface area (Å²) in [5.41, 5.74) is 2.70. The number of morpholine rings is 1. The van der Waals surface area contributed by atoms with Gasteiger partial charge in [-0.3, -0.25) is 0 Å². The smallest absolute Gasteiger partial charge is 0.0637 e. The first-order valence-electron chi connectivity index (χ1n) is 7.26. The third-order valence-electron chi connectivity index (χ3n) is 3.51. The number of benzene rings is 1. The van der Waals surface area contributed by atoms with Crippen molar-refractivity contribution in [1.82, 2.24) is 5.32 Å². The molecule has 1 heterocycles. The number of hydrogen-bond acceptors (Lipinski definition) is 3. The third-order valence-corrected chi connectivity index (χ3v) is 3.51.